The summed E-state index contributed by atoms with van der Waals surface area (Å²) >= 11 is 0. The minimum atomic E-state index is -0.783. The number of hydrogen-bond acceptors (Lipinski definition) is 6. The van der Waals surface area contributed by atoms with Crippen molar-refractivity contribution in [3.63, 3.8) is 0 Å². The lowest BCUT2D eigenvalue weighted by Gasteiger charge is -2.28. The number of rotatable bonds is 5. The van der Waals surface area contributed by atoms with Gasteiger partial charge in [0.2, 0.25) is 0 Å². The number of nitro benzene ring substituents is 1. The Bertz CT molecular complexity index is 665. The summed E-state index contributed by atoms with van der Waals surface area (Å²) in [6, 6.07) is 2.80. The molecular formula is C16H20N2O6. The fraction of sp³-hybridized carbons (Fsp3) is 0.500. The number of carboxylic acids is 1. The molecule has 0 bridgehead atoms. The average Bonchev–Trinajstić information content (AvgIpc) is 2.54. The molecule has 0 atom stereocenters. The van der Waals surface area contributed by atoms with Gasteiger partial charge in [-0.05, 0) is 38.7 Å². The third-order valence-corrected chi connectivity index (χ3v) is 4.37. The predicted octanol–water partition coefficient (Wildman–Crippen LogP) is 2.75. The van der Waals surface area contributed by atoms with E-state index in [2.05, 4.69) is 5.32 Å². The van der Waals surface area contributed by atoms with Crippen LogP contribution in [-0.2, 0) is 9.53 Å². The number of nitro groups is 1. The van der Waals surface area contributed by atoms with Crippen molar-refractivity contribution in [2.75, 3.05) is 12.4 Å². The van der Waals surface area contributed by atoms with E-state index in [9.17, 15) is 19.7 Å². The number of esters is 1. The van der Waals surface area contributed by atoms with E-state index in [4.69, 9.17) is 9.84 Å². The van der Waals surface area contributed by atoms with Gasteiger partial charge in [0.25, 0.3) is 5.69 Å². The van der Waals surface area contributed by atoms with Crippen LogP contribution in [0.2, 0.25) is 0 Å². The van der Waals surface area contributed by atoms with Crippen molar-refractivity contribution >= 4 is 23.3 Å². The van der Waals surface area contributed by atoms with Crippen LogP contribution in [0.15, 0.2) is 12.1 Å². The molecular weight excluding hydrogens is 316 g/mol. The van der Waals surface area contributed by atoms with E-state index in [-0.39, 0.29) is 23.2 Å². The quantitative estimate of drug-likeness (QED) is 0.482. The van der Waals surface area contributed by atoms with Crippen molar-refractivity contribution in [1.82, 2.24) is 0 Å². The Morgan fingerprint density at radius 2 is 1.92 bits per heavy atom. The van der Waals surface area contributed by atoms with Crippen LogP contribution < -0.4 is 5.32 Å². The number of nitrogens with one attached hydrogen (secondary N) is 1. The molecule has 0 aliphatic heterocycles. The molecule has 1 aliphatic carbocycles. The fourth-order valence-corrected chi connectivity index (χ4v) is 3.00. The summed E-state index contributed by atoms with van der Waals surface area (Å²) in [5, 5.41) is 23.3. The van der Waals surface area contributed by atoms with Crippen LogP contribution in [0.3, 0.4) is 0 Å². The summed E-state index contributed by atoms with van der Waals surface area (Å²) in [7, 11) is 1.22. The maximum Gasteiger partial charge on any atom is 0.340 e. The molecule has 1 aromatic carbocycles. The van der Waals surface area contributed by atoms with Gasteiger partial charge >= 0.3 is 11.9 Å². The van der Waals surface area contributed by atoms with Crippen molar-refractivity contribution in [2.45, 2.75) is 38.6 Å². The molecule has 0 saturated heterocycles. The molecule has 1 saturated carbocycles. The molecule has 0 spiro atoms. The molecule has 0 heterocycles. The van der Waals surface area contributed by atoms with Gasteiger partial charge in [0.1, 0.15) is 0 Å². The highest BCUT2D eigenvalue weighted by Crippen LogP contribution is 2.31. The Balaban J connectivity index is 2.23. The van der Waals surface area contributed by atoms with E-state index in [0.29, 0.717) is 36.9 Å². The van der Waals surface area contributed by atoms with Crippen LogP contribution in [-0.4, -0.2) is 35.1 Å². The lowest BCUT2D eigenvalue weighted by atomic mass is 9.86. The van der Waals surface area contributed by atoms with E-state index < -0.39 is 16.9 Å². The average molecular weight is 336 g/mol. The number of hydrogen-bond donors (Lipinski definition) is 2. The molecule has 0 amide bonds. The zero-order valence-electron chi connectivity index (χ0n) is 13.6. The topological polar surface area (TPSA) is 119 Å². The highest BCUT2D eigenvalue weighted by molar-refractivity contribution is 5.96. The second-order valence-corrected chi connectivity index (χ2v) is 5.96. The molecule has 24 heavy (non-hydrogen) atoms. The van der Waals surface area contributed by atoms with E-state index in [1.165, 1.54) is 13.2 Å². The molecule has 0 radical (unpaired) electrons. The van der Waals surface area contributed by atoms with Gasteiger partial charge in [-0.15, -0.1) is 0 Å². The molecule has 2 rings (SSSR count). The van der Waals surface area contributed by atoms with E-state index in [0.717, 1.165) is 0 Å². The molecule has 1 aliphatic rings. The second kappa shape index (κ2) is 7.29. The van der Waals surface area contributed by atoms with Crippen molar-refractivity contribution in [1.29, 1.82) is 0 Å². The van der Waals surface area contributed by atoms with E-state index >= 15 is 0 Å². The Morgan fingerprint density at radius 3 is 2.42 bits per heavy atom. The smallest absolute Gasteiger partial charge is 0.340 e. The van der Waals surface area contributed by atoms with Crippen molar-refractivity contribution in [3.05, 3.63) is 33.4 Å². The summed E-state index contributed by atoms with van der Waals surface area (Å²) < 4.78 is 4.71. The van der Waals surface area contributed by atoms with Crippen molar-refractivity contribution in [3.8, 4) is 0 Å². The summed E-state index contributed by atoms with van der Waals surface area (Å²) in [6.07, 6.45) is 2.44. The minimum absolute atomic E-state index is 0.0184. The van der Waals surface area contributed by atoms with E-state index in [1.807, 2.05) is 0 Å². The summed E-state index contributed by atoms with van der Waals surface area (Å²) in [4.78, 5) is 33.5. The Labute approximate surface area is 139 Å². The lowest BCUT2D eigenvalue weighted by Crippen LogP contribution is -2.30. The van der Waals surface area contributed by atoms with Gasteiger partial charge in [-0.1, -0.05) is 0 Å². The van der Waals surface area contributed by atoms with Crippen molar-refractivity contribution in [2.24, 2.45) is 5.92 Å². The molecule has 0 aromatic heterocycles. The first-order valence-electron chi connectivity index (χ1n) is 7.70. The molecule has 0 unspecified atom stereocenters. The third kappa shape index (κ3) is 3.81. The number of ether oxygens (including phenoxy) is 1. The van der Waals surface area contributed by atoms with Crippen LogP contribution in [0.5, 0.6) is 0 Å². The molecule has 1 fully saturated rings. The zero-order valence-corrected chi connectivity index (χ0v) is 13.6. The molecule has 1 aromatic rings. The van der Waals surface area contributed by atoms with Crippen LogP contribution in [0, 0.1) is 23.0 Å². The third-order valence-electron chi connectivity index (χ3n) is 4.37. The molecule has 8 heteroatoms. The number of nitrogens with zero attached hydrogens (tertiary/aromatic N) is 1. The number of methoxy groups -OCH3 is 1. The van der Waals surface area contributed by atoms with Gasteiger partial charge in [0.15, 0.2) is 0 Å². The van der Waals surface area contributed by atoms with Crippen LogP contribution in [0.4, 0.5) is 11.4 Å². The number of benzene rings is 1. The number of carbonyl (C=O) groups excluding carboxylic acids is 1. The number of aliphatic carboxylic acids is 1. The van der Waals surface area contributed by atoms with Crippen LogP contribution in [0.25, 0.3) is 0 Å². The standard InChI is InChI=1S/C16H20N2O6/c1-9-7-13(12(16(21)24-2)8-14(9)18(22)23)17-11-5-3-10(4-6-11)15(19)20/h7-8,10-11,17H,3-6H2,1-2H3,(H,19,20). The number of aryl methyl sites for hydroxylation is 1. The van der Waals surface area contributed by atoms with Gasteiger partial charge in [-0.3, -0.25) is 14.9 Å². The predicted molar refractivity (Wildman–Crippen MR) is 86.2 cm³/mol. The summed E-state index contributed by atoms with van der Waals surface area (Å²) in [5.74, 6) is -1.77. The first-order chi connectivity index (χ1) is 11.3. The summed E-state index contributed by atoms with van der Waals surface area (Å²) in [5.41, 5.74) is 0.879. The second-order valence-electron chi connectivity index (χ2n) is 5.96. The van der Waals surface area contributed by atoms with Gasteiger partial charge < -0.3 is 15.2 Å². The first-order valence-corrected chi connectivity index (χ1v) is 7.70. The number of carbonyl (C=O) groups is 2. The van der Waals surface area contributed by atoms with Gasteiger partial charge in [0, 0.05) is 23.4 Å². The zero-order chi connectivity index (χ0) is 17.9. The highest BCUT2D eigenvalue weighted by atomic mass is 16.6. The van der Waals surface area contributed by atoms with Crippen molar-refractivity contribution < 1.29 is 24.4 Å². The Morgan fingerprint density at radius 1 is 1.29 bits per heavy atom. The molecule has 130 valence electrons. The SMILES string of the molecule is COC(=O)c1cc([N+](=O)[O-])c(C)cc1NC1CCC(C(=O)O)CC1. The van der Waals surface area contributed by atoms with Crippen LogP contribution >= 0.6 is 0 Å². The Kier molecular flexibility index (Phi) is 5.38. The van der Waals surface area contributed by atoms with E-state index in [1.54, 1.807) is 13.0 Å². The highest BCUT2D eigenvalue weighted by Gasteiger charge is 2.27. The Hall–Kier alpha value is -2.64. The summed E-state index contributed by atoms with van der Waals surface area (Å²) in [6.45, 7) is 1.60. The normalized spacial score (nSPS) is 20.2. The molecule has 2 N–H and O–H groups in total. The fourth-order valence-electron chi connectivity index (χ4n) is 3.00. The largest absolute Gasteiger partial charge is 0.481 e. The minimum Gasteiger partial charge on any atom is -0.481 e. The maximum absolute atomic E-state index is 11.9. The monoisotopic (exact) mass is 336 g/mol. The lowest BCUT2D eigenvalue weighted by molar-refractivity contribution is -0.385. The van der Waals surface area contributed by atoms with Gasteiger partial charge in [0.05, 0.1) is 23.5 Å². The van der Waals surface area contributed by atoms with Gasteiger partial charge in [-0.25, -0.2) is 4.79 Å². The van der Waals surface area contributed by atoms with Crippen LogP contribution in [0.1, 0.15) is 41.6 Å². The maximum atomic E-state index is 11.9. The first kappa shape index (κ1) is 17.7. The number of anilines is 1. The molecule has 8 nitrogen and oxygen atoms in total. The van der Waals surface area contributed by atoms with Gasteiger partial charge in [-0.2, -0.15) is 0 Å². The number of carboxylic acid groups (broad SMARTS) is 1.